The number of hydrogen-bond acceptors (Lipinski definition) is 2. The molecule has 1 unspecified atom stereocenters. The van der Waals surface area contributed by atoms with Gasteiger partial charge in [0.05, 0.1) is 6.04 Å². The fourth-order valence-corrected chi connectivity index (χ4v) is 2.47. The van der Waals surface area contributed by atoms with E-state index in [1.54, 1.807) is 0 Å². The van der Waals surface area contributed by atoms with Crippen molar-refractivity contribution in [2.75, 3.05) is 6.54 Å². The number of hydrogen-bond donors (Lipinski definition) is 1. The highest BCUT2D eigenvalue weighted by Crippen LogP contribution is 2.32. The molecule has 1 aliphatic carbocycles. The highest BCUT2D eigenvalue weighted by Gasteiger charge is 2.21. The summed E-state index contributed by atoms with van der Waals surface area (Å²) in [6.07, 6.45) is 7.88. The van der Waals surface area contributed by atoms with Gasteiger partial charge in [0.25, 0.3) is 0 Å². The Morgan fingerprint density at radius 3 is 2.37 bits per heavy atom. The monoisotopic (exact) mass is 252 g/mol. The SMILES string of the molecule is c1ccc(C(NCCC2CC2)c2ccncc2)cc1. The van der Waals surface area contributed by atoms with Crippen LogP contribution in [-0.4, -0.2) is 11.5 Å². The van der Waals surface area contributed by atoms with E-state index < -0.39 is 0 Å². The second-order valence-electron chi connectivity index (χ2n) is 5.31. The highest BCUT2D eigenvalue weighted by molar-refractivity contribution is 5.30. The van der Waals surface area contributed by atoms with Crippen LogP contribution in [0.2, 0.25) is 0 Å². The minimum atomic E-state index is 0.281. The number of nitrogens with one attached hydrogen (secondary N) is 1. The van der Waals surface area contributed by atoms with Gasteiger partial charge >= 0.3 is 0 Å². The van der Waals surface area contributed by atoms with Gasteiger partial charge in [0, 0.05) is 12.4 Å². The van der Waals surface area contributed by atoms with Crippen molar-refractivity contribution in [3.63, 3.8) is 0 Å². The molecule has 0 bridgehead atoms. The van der Waals surface area contributed by atoms with Crippen molar-refractivity contribution in [2.45, 2.75) is 25.3 Å². The molecule has 0 amide bonds. The molecule has 1 fully saturated rings. The predicted molar refractivity (Wildman–Crippen MR) is 77.9 cm³/mol. The van der Waals surface area contributed by atoms with Gasteiger partial charge in [-0.3, -0.25) is 4.98 Å². The van der Waals surface area contributed by atoms with Gasteiger partial charge in [0.2, 0.25) is 0 Å². The predicted octanol–water partition coefficient (Wildman–Crippen LogP) is 3.56. The summed E-state index contributed by atoms with van der Waals surface area (Å²) in [5.41, 5.74) is 2.61. The third kappa shape index (κ3) is 3.42. The summed E-state index contributed by atoms with van der Waals surface area (Å²) < 4.78 is 0. The Kier molecular flexibility index (Phi) is 3.89. The smallest absolute Gasteiger partial charge is 0.0577 e. The zero-order valence-electron chi connectivity index (χ0n) is 11.1. The number of nitrogens with zero attached hydrogens (tertiary/aromatic N) is 1. The first kappa shape index (κ1) is 12.4. The number of rotatable bonds is 6. The molecule has 2 aromatic rings. The maximum atomic E-state index is 4.11. The zero-order valence-corrected chi connectivity index (χ0v) is 11.1. The first-order chi connectivity index (χ1) is 9.43. The summed E-state index contributed by atoms with van der Waals surface area (Å²) in [4.78, 5) is 4.11. The fraction of sp³-hybridized carbons (Fsp3) is 0.353. The molecule has 1 N–H and O–H groups in total. The van der Waals surface area contributed by atoms with E-state index in [2.05, 4.69) is 52.8 Å². The molecule has 1 aliphatic rings. The van der Waals surface area contributed by atoms with Crippen molar-refractivity contribution in [1.29, 1.82) is 0 Å². The van der Waals surface area contributed by atoms with Gasteiger partial charge in [0.15, 0.2) is 0 Å². The molecule has 1 saturated carbocycles. The van der Waals surface area contributed by atoms with Gasteiger partial charge in [-0.15, -0.1) is 0 Å². The van der Waals surface area contributed by atoms with Crippen LogP contribution < -0.4 is 5.32 Å². The van der Waals surface area contributed by atoms with E-state index in [1.165, 1.54) is 30.4 Å². The van der Waals surface area contributed by atoms with Crippen LogP contribution in [-0.2, 0) is 0 Å². The average molecular weight is 252 g/mol. The standard InChI is InChI=1S/C17H20N2/c1-2-4-15(5-3-1)17(16-9-11-18-12-10-16)19-13-8-14-6-7-14/h1-5,9-12,14,17,19H,6-8,13H2. The summed E-state index contributed by atoms with van der Waals surface area (Å²) in [5, 5.41) is 3.70. The van der Waals surface area contributed by atoms with Gasteiger partial charge in [-0.25, -0.2) is 0 Å². The van der Waals surface area contributed by atoms with E-state index in [1.807, 2.05) is 12.4 Å². The van der Waals surface area contributed by atoms with Crippen molar-refractivity contribution in [3.05, 3.63) is 66.0 Å². The summed E-state index contributed by atoms with van der Waals surface area (Å²) in [5.74, 6) is 0.973. The molecule has 19 heavy (non-hydrogen) atoms. The first-order valence-electron chi connectivity index (χ1n) is 7.12. The molecule has 1 aromatic heterocycles. The Balaban J connectivity index is 1.74. The largest absolute Gasteiger partial charge is 0.306 e. The van der Waals surface area contributed by atoms with Crippen molar-refractivity contribution in [3.8, 4) is 0 Å². The van der Waals surface area contributed by atoms with Crippen molar-refractivity contribution in [1.82, 2.24) is 10.3 Å². The summed E-state index contributed by atoms with van der Waals surface area (Å²) in [7, 11) is 0. The van der Waals surface area contributed by atoms with Gasteiger partial charge < -0.3 is 5.32 Å². The topological polar surface area (TPSA) is 24.9 Å². The van der Waals surface area contributed by atoms with Crippen molar-refractivity contribution in [2.24, 2.45) is 5.92 Å². The van der Waals surface area contributed by atoms with E-state index >= 15 is 0 Å². The lowest BCUT2D eigenvalue weighted by Crippen LogP contribution is -2.23. The normalized spacial score (nSPS) is 16.2. The van der Waals surface area contributed by atoms with Crippen LogP contribution in [0.5, 0.6) is 0 Å². The fourth-order valence-electron chi connectivity index (χ4n) is 2.47. The zero-order chi connectivity index (χ0) is 12.9. The van der Waals surface area contributed by atoms with E-state index in [9.17, 15) is 0 Å². The number of aromatic nitrogens is 1. The molecule has 98 valence electrons. The highest BCUT2D eigenvalue weighted by atomic mass is 14.9. The molecular formula is C17H20N2. The van der Waals surface area contributed by atoms with Gasteiger partial charge in [0.1, 0.15) is 0 Å². The van der Waals surface area contributed by atoms with E-state index in [0.717, 1.165) is 12.5 Å². The van der Waals surface area contributed by atoms with Crippen LogP contribution in [0.3, 0.4) is 0 Å². The number of benzene rings is 1. The van der Waals surface area contributed by atoms with Gasteiger partial charge in [-0.1, -0.05) is 43.2 Å². The second-order valence-corrected chi connectivity index (χ2v) is 5.31. The Morgan fingerprint density at radius 2 is 1.68 bits per heavy atom. The minimum Gasteiger partial charge on any atom is -0.306 e. The van der Waals surface area contributed by atoms with E-state index in [4.69, 9.17) is 0 Å². The van der Waals surface area contributed by atoms with Crippen LogP contribution in [0, 0.1) is 5.92 Å². The minimum absolute atomic E-state index is 0.281. The lowest BCUT2D eigenvalue weighted by molar-refractivity contribution is 0.560. The summed E-state index contributed by atoms with van der Waals surface area (Å²) >= 11 is 0. The van der Waals surface area contributed by atoms with E-state index in [0.29, 0.717) is 0 Å². The van der Waals surface area contributed by atoms with Crippen molar-refractivity contribution < 1.29 is 0 Å². The third-order valence-corrected chi connectivity index (χ3v) is 3.77. The molecule has 3 rings (SSSR count). The number of pyridine rings is 1. The summed E-state index contributed by atoms with van der Waals surface area (Å²) in [6.45, 7) is 1.09. The molecule has 0 radical (unpaired) electrons. The second kappa shape index (κ2) is 5.98. The Hall–Kier alpha value is -1.67. The molecular weight excluding hydrogens is 232 g/mol. The van der Waals surface area contributed by atoms with Crippen molar-refractivity contribution >= 4 is 0 Å². The average Bonchev–Trinajstić information content (AvgIpc) is 3.30. The molecule has 2 nitrogen and oxygen atoms in total. The molecule has 2 heteroatoms. The maximum absolute atomic E-state index is 4.11. The van der Waals surface area contributed by atoms with Crippen LogP contribution in [0.25, 0.3) is 0 Å². The lowest BCUT2D eigenvalue weighted by atomic mass is 9.99. The molecule has 0 spiro atoms. The van der Waals surface area contributed by atoms with Crippen LogP contribution in [0.1, 0.15) is 36.4 Å². The quantitative estimate of drug-likeness (QED) is 0.850. The lowest BCUT2D eigenvalue weighted by Gasteiger charge is -2.19. The summed E-state index contributed by atoms with van der Waals surface area (Å²) in [6, 6.07) is 15.1. The Morgan fingerprint density at radius 1 is 1.00 bits per heavy atom. The molecule has 0 aliphatic heterocycles. The molecule has 0 saturated heterocycles. The molecule has 1 atom stereocenters. The Bertz CT molecular complexity index is 452. The maximum Gasteiger partial charge on any atom is 0.0577 e. The Labute approximate surface area is 114 Å². The van der Waals surface area contributed by atoms with Crippen LogP contribution in [0.15, 0.2) is 54.9 Å². The molecule has 1 heterocycles. The van der Waals surface area contributed by atoms with Crippen LogP contribution >= 0.6 is 0 Å². The van der Waals surface area contributed by atoms with Gasteiger partial charge in [-0.05, 0) is 42.1 Å². The molecule has 1 aromatic carbocycles. The van der Waals surface area contributed by atoms with E-state index in [-0.39, 0.29) is 6.04 Å². The van der Waals surface area contributed by atoms with Crippen LogP contribution in [0.4, 0.5) is 0 Å². The third-order valence-electron chi connectivity index (χ3n) is 3.77. The van der Waals surface area contributed by atoms with Gasteiger partial charge in [-0.2, -0.15) is 0 Å². The first-order valence-corrected chi connectivity index (χ1v) is 7.12.